The van der Waals surface area contributed by atoms with Gasteiger partial charge in [-0.2, -0.15) is 0 Å². The van der Waals surface area contributed by atoms with Gasteiger partial charge in [0.05, 0.1) is 10.6 Å². The molecule has 0 fully saturated rings. The van der Waals surface area contributed by atoms with Crippen molar-refractivity contribution < 1.29 is 13.2 Å². The number of nitrogens with one attached hydrogen (secondary N) is 2. The van der Waals surface area contributed by atoms with E-state index in [1.54, 1.807) is 26.0 Å². The number of sulfonamides is 1. The van der Waals surface area contributed by atoms with Crippen LogP contribution in [-0.4, -0.2) is 27.1 Å². The molecule has 2 aromatic carbocycles. The van der Waals surface area contributed by atoms with E-state index in [1.807, 2.05) is 43.5 Å². The summed E-state index contributed by atoms with van der Waals surface area (Å²) in [5, 5.41) is 2.81. The first-order valence-electron chi connectivity index (χ1n) is 8.78. The lowest BCUT2D eigenvalue weighted by molar-refractivity contribution is -0.118. The molecule has 0 aromatic heterocycles. The summed E-state index contributed by atoms with van der Waals surface area (Å²) < 4.78 is 28.1. The number of carbonyl (C=O) groups is 1. The number of anilines is 1. The van der Waals surface area contributed by atoms with Crippen LogP contribution in [0.2, 0.25) is 0 Å². The van der Waals surface area contributed by atoms with Gasteiger partial charge in [0.1, 0.15) is 0 Å². The van der Waals surface area contributed by atoms with Crippen molar-refractivity contribution in [2.75, 3.05) is 18.1 Å². The molecule has 1 amide bonds. The van der Waals surface area contributed by atoms with Crippen molar-refractivity contribution in [3.8, 4) is 0 Å². The van der Waals surface area contributed by atoms with Crippen LogP contribution in [0, 0.1) is 5.92 Å². The minimum atomic E-state index is -3.68. The summed E-state index contributed by atoms with van der Waals surface area (Å²) in [5.41, 5.74) is 1.59. The molecule has 0 radical (unpaired) electrons. The van der Waals surface area contributed by atoms with Gasteiger partial charge in [-0.15, -0.1) is 11.8 Å². The number of benzene rings is 2. The molecule has 0 aliphatic heterocycles. The summed E-state index contributed by atoms with van der Waals surface area (Å²) in [6, 6.07) is 14.6. The van der Waals surface area contributed by atoms with Crippen molar-refractivity contribution in [1.29, 1.82) is 0 Å². The molecular weight excluding hydrogens is 380 g/mol. The van der Waals surface area contributed by atoms with Crippen LogP contribution < -0.4 is 10.0 Å². The quantitative estimate of drug-likeness (QED) is 0.648. The van der Waals surface area contributed by atoms with Crippen LogP contribution in [0.3, 0.4) is 0 Å². The van der Waals surface area contributed by atoms with Gasteiger partial charge in [0.15, 0.2) is 0 Å². The van der Waals surface area contributed by atoms with Gasteiger partial charge in [-0.3, -0.25) is 4.79 Å². The maximum absolute atomic E-state index is 12.7. The van der Waals surface area contributed by atoms with E-state index in [0.717, 1.165) is 10.5 Å². The first-order chi connectivity index (χ1) is 12.7. The van der Waals surface area contributed by atoms with Gasteiger partial charge in [-0.1, -0.05) is 51.1 Å². The van der Waals surface area contributed by atoms with Crippen LogP contribution in [0.15, 0.2) is 58.3 Å². The molecule has 27 heavy (non-hydrogen) atoms. The Labute approximate surface area is 166 Å². The van der Waals surface area contributed by atoms with Crippen LogP contribution >= 0.6 is 11.8 Å². The monoisotopic (exact) mass is 406 g/mol. The highest BCUT2D eigenvalue weighted by molar-refractivity contribution is 7.98. The summed E-state index contributed by atoms with van der Waals surface area (Å²) in [5.74, 6) is -0.290. The SMILES string of the molecule is CSc1ccc(S(=O)(=O)NCC(C)c2ccccc2)cc1NC(=O)C(C)C. The number of carbonyl (C=O) groups excluding carboxylic acids is 1. The molecule has 2 N–H and O–H groups in total. The second-order valence-corrected chi connectivity index (χ2v) is 9.28. The Bertz CT molecular complexity index is 881. The lowest BCUT2D eigenvalue weighted by Crippen LogP contribution is -2.28. The number of amides is 1. The Balaban J connectivity index is 2.18. The molecule has 0 spiro atoms. The molecular formula is C20H26N2O3S2. The fourth-order valence-corrected chi connectivity index (χ4v) is 4.14. The average molecular weight is 407 g/mol. The summed E-state index contributed by atoms with van der Waals surface area (Å²) in [4.78, 5) is 13.0. The van der Waals surface area contributed by atoms with Crippen molar-refractivity contribution in [1.82, 2.24) is 4.72 Å². The van der Waals surface area contributed by atoms with Gasteiger partial charge >= 0.3 is 0 Å². The lowest BCUT2D eigenvalue weighted by Gasteiger charge is -2.16. The topological polar surface area (TPSA) is 75.3 Å². The van der Waals surface area contributed by atoms with E-state index in [2.05, 4.69) is 10.0 Å². The third-order valence-electron chi connectivity index (χ3n) is 4.21. The molecule has 146 valence electrons. The minimum Gasteiger partial charge on any atom is -0.325 e. The van der Waals surface area contributed by atoms with Crippen LogP contribution in [0.4, 0.5) is 5.69 Å². The number of hydrogen-bond acceptors (Lipinski definition) is 4. The van der Waals surface area contributed by atoms with E-state index >= 15 is 0 Å². The second-order valence-electron chi connectivity index (χ2n) is 6.67. The van der Waals surface area contributed by atoms with E-state index in [4.69, 9.17) is 0 Å². The third kappa shape index (κ3) is 5.82. The Morgan fingerprint density at radius 2 is 1.74 bits per heavy atom. The van der Waals surface area contributed by atoms with Crippen molar-refractivity contribution in [3.63, 3.8) is 0 Å². The fourth-order valence-electron chi connectivity index (χ4n) is 2.45. The summed E-state index contributed by atoms with van der Waals surface area (Å²) in [7, 11) is -3.68. The minimum absolute atomic E-state index is 0.0477. The molecule has 0 saturated heterocycles. The smallest absolute Gasteiger partial charge is 0.240 e. The molecule has 0 aliphatic rings. The number of rotatable bonds is 8. The molecule has 2 rings (SSSR count). The Kier molecular flexibility index (Phi) is 7.47. The van der Waals surface area contributed by atoms with Gasteiger partial charge in [0.2, 0.25) is 15.9 Å². The first-order valence-corrected chi connectivity index (χ1v) is 11.5. The van der Waals surface area contributed by atoms with Crippen LogP contribution in [0.1, 0.15) is 32.3 Å². The number of hydrogen-bond donors (Lipinski definition) is 2. The Morgan fingerprint density at radius 3 is 2.33 bits per heavy atom. The van der Waals surface area contributed by atoms with Gasteiger partial charge in [-0.05, 0) is 35.9 Å². The van der Waals surface area contributed by atoms with E-state index < -0.39 is 10.0 Å². The fraction of sp³-hybridized carbons (Fsp3) is 0.350. The van der Waals surface area contributed by atoms with E-state index in [-0.39, 0.29) is 22.6 Å². The summed E-state index contributed by atoms with van der Waals surface area (Å²) in [6.45, 7) is 5.86. The second kappa shape index (κ2) is 9.39. The lowest BCUT2D eigenvalue weighted by atomic mass is 10.0. The highest BCUT2D eigenvalue weighted by Crippen LogP contribution is 2.28. The number of thioether (sulfide) groups is 1. The molecule has 0 heterocycles. The standard InChI is InChI=1S/C20H26N2O3S2/c1-14(2)20(23)22-18-12-17(10-11-19(18)26-4)27(24,25)21-13-15(3)16-8-6-5-7-9-16/h5-12,14-15,21H,13H2,1-4H3,(H,22,23). The first kappa shape index (κ1) is 21.5. The molecule has 2 aromatic rings. The van der Waals surface area contributed by atoms with Crippen molar-refractivity contribution in [2.24, 2.45) is 5.92 Å². The highest BCUT2D eigenvalue weighted by atomic mass is 32.2. The van der Waals surface area contributed by atoms with Crippen molar-refractivity contribution >= 4 is 33.4 Å². The average Bonchev–Trinajstić information content (AvgIpc) is 2.66. The molecule has 7 heteroatoms. The molecule has 5 nitrogen and oxygen atoms in total. The molecule has 1 unspecified atom stereocenters. The normalized spacial score (nSPS) is 12.8. The third-order valence-corrected chi connectivity index (χ3v) is 6.43. The zero-order chi connectivity index (χ0) is 20.0. The molecule has 0 bridgehead atoms. The Hall–Kier alpha value is -1.83. The van der Waals surface area contributed by atoms with E-state index in [0.29, 0.717) is 12.2 Å². The zero-order valence-electron chi connectivity index (χ0n) is 16.0. The maximum Gasteiger partial charge on any atom is 0.240 e. The van der Waals surface area contributed by atoms with Gasteiger partial charge < -0.3 is 5.32 Å². The maximum atomic E-state index is 12.7. The predicted octanol–water partition coefficient (Wildman–Crippen LogP) is 4.09. The predicted molar refractivity (Wildman–Crippen MR) is 112 cm³/mol. The molecule has 1 atom stereocenters. The highest BCUT2D eigenvalue weighted by Gasteiger charge is 2.19. The van der Waals surface area contributed by atoms with Crippen molar-refractivity contribution in [2.45, 2.75) is 36.5 Å². The summed E-state index contributed by atoms with van der Waals surface area (Å²) in [6.07, 6.45) is 1.88. The van der Waals surface area contributed by atoms with Gasteiger partial charge in [-0.25, -0.2) is 13.1 Å². The molecule has 0 aliphatic carbocycles. The largest absolute Gasteiger partial charge is 0.325 e. The van der Waals surface area contributed by atoms with Gasteiger partial charge in [0, 0.05) is 17.4 Å². The van der Waals surface area contributed by atoms with Crippen LogP contribution in [0.25, 0.3) is 0 Å². The van der Waals surface area contributed by atoms with E-state index in [9.17, 15) is 13.2 Å². The van der Waals surface area contributed by atoms with Crippen LogP contribution in [0.5, 0.6) is 0 Å². The van der Waals surface area contributed by atoms with Crippen molar-refractivity contribution in [3.05, 3.63) is 54.1 Å². The van der Waals surface area contributed by atoms with E-state index in [1.165, 1.54) is 17.8 Å². The van der Waals surface area contributed by atoms with Crippen LogP contribution in [-0.2, 0) is 14.8 Å². The summed E-state index contributed by atoms with van der Waals surface area (Å²) >= 11 is 1.45. The Morgan fingerprint density at radius 1 is 1.07 bits per heavy atom. The zero-order valence-corrected chi connectivity index (χ0v) is 17.7. The van der Waals surface area contributed by atoms with Gasteiger partial charge in [0.25, 0.3) is 0 Å². The molecule has 0 saturated carbocycles.